The second-order valence-corrected chi connectivity index (χ2v) is 11.7. The number of rotatable bonds is 5. The summed E-state index contributed by atoms with van der Waals surface area (Å²) in [4.78, 5) is 3.98. The van der Waals surface area contributed by atoms with E-state index in [1.165, 1.54) is 72.3 Å². The molecule has 3 heterocycles. The summed E-state index contributed by atoms with van der Waals surface area (Å²) in [6.07, 6.45) is 0. The minimum atomic E-state index is 0.0369. The molecule has 0 radical (unpaired) electrons. The maximum Gasteiger partial charge on any atom is 0.0548 e. The lowest BCUT2D eigenvalue weighted by Crippen LogP contribution is -2.10. The fourth-order valence-corrected chi connectivity index (χ4v) is 7.62. The van der Waals surface area contributed by atoms with Crippen molar-refractivity contribution in [1.29, 1.82) is 0 Å². The number of hydrogen-bond acceptors (Lipinski definition) is 0. The minimum Gasteiger partial charge on any atom is -0.357 e. The van der Waals surface area contributed by atoms with Crippen molar-refractivity contribution in [2.45, 2.75) is 11.8 Å². The fraction of sp³-hybridized carbons (Fsp3) is 0.0476. The maximum atomic E-state index is 3.98. The molecule has 2 nitrogen and oxygen atoms in total. The SMILES string of the molecule is c1ccc(-c2c3n(c4ccccc24)-c2ccccc2C3c2c(C(c3ccccc3)c3ccccc3)[nH]c3ccccc23)cc1. The van der Waals surface area contributed by atoms with Crippen LogP contribution in [0.4, 0.5) is 0 Å². The first kappa shape index (κ1) is 24.9. The second kappa shape index (κ2) is 10.00. The van der Waals surface area contributed by atoms with Crippen molar-refractivity contribution in [3.63, 3.8) is 0 Å². The van der Waals surface area contributed by atoms with Gasteiger partial charge in [0.2, 0.25) is 0 Å². The van der Waals surface area contributed by atoms with Crippen LogP contribution in [-0.4, -0.2) is 9.55 Å². The number of benzene rings is 6. The lowest BCUT2D eigenvalue weighted by Gasteiger charge is -2.23. The molecule has 208 valence electrons. The quantitative estimate of drug-likeness (QED) is 0.215. The fourth-order valence-electron chi connectivity index (χ4n) is 7.62. The normalized spacial score (nSPS) is 13.9. The number of para-hydroxylation sites is 3. The van der Waals surface area contributed by atoms with Crippen LogP contribution in [0, 0.1) is 0 Å². The Balaban J connectivity index is 1.42. The number of nitrogens with one attached hydrogen (secondary N) is 1. The molecule has 0 spiro atoms. The molecule has 1 unspecified atom stereocenters. The van der Waals surface area contributed by atoms with Gasteiger partial charge in [-0.2, -0.15) is 0 Å². The van der Waals surface area contributed by atoms with Gasteiger partial charge in [0.25, 0.3) is 0 Å². The number of aromatic amines is 1. The minimum absolute atomic E-state index is 0.0369. The zero-order valence-corrected chi connectivity index (χ0v) is 24.2. The Labute approximate surface area is 256 Å². The van der Waals surface area contributed by atoms with Crippen molar-refractivity contribution in [2.24, 2.45) is 0 Å². The molecule has 1 aliphatic rings. The summed E-state index contributed by atoms with van der Waals surface area (Å²) in [5.74, 6) is 0.0837. The van der Waals surface area contributed by atoms with E-state index in [1.807, 2.05) is 0 Å². The average molecular weight is 563 g/mol. The lowest BCUT2D eigenvalue weighted by atomic mass is 9.79. The van der Waals surface area contributed by atoms with Gasteiger partial charge >= 0.3 is 0 Å². The zero-order valence-electron chi connectivity index (χ0n) is 24.2. The number of nitrogens with zero attached hydrogens (tertiary/aromatic N) is 1. The molecule has 6 aromatic carbocycles. The third kappa shape index (κ3) is 3.68. The van der Waals surface area contributed by atoms with E-state index in [1.54, 1.807) is 0 Å². The van der Waals surface area contributed by atoms with Crippen LogP contribution in [-0.2, 0) is 0 Å². The summed E-state index contributed by atoms with van der Waals surface area (Å²) in [6, 6.07) is 59.6. The summed E-state index contributed by atoms with van der Waals surface area (Å²) in [5.41, 5.74) is 14.1. The highest BCUT2D eigenvalue weighted by molar-refractivity contribution is 6.02. The number of aromatic nitrogens is 2. The molecule has 44 heavy (non-hydrogen) atoms. The highest BCUT2D eigenvalue weighted by Gasteiger charge is 2.39. The molecule has 0 amide bonds. The molecule has 0 bridgehead atoms. The molecule has 0 saturated heterocycles. The Kier molecular flexibility index (Phi) is 5.67. The van der Waals surface area contributed by atoms with Crippen LogP contribution >= 0.6 is 0 Å². The molecular weight excluding hydrogens is 532 g/mol. The van der Waals surface area contributed by atoms with Crippen molar-refractivity contribution in [3.05, 3.63) is 197 Å². The Hall–Kier alpha value is -5.60. The van der Waals surface area contributed by atoms with Gasteiger partial charge in [0.1, 0.15) is 0 Å². The molecule has 0 fully saturated rings. The molecule has 1 atom stereocenters. The molecule has 0 saturated carbocycles. The summed E-state index contributed by atoms with van der Waals surface area (Å²) in [5, 5.41) is 2.56. The summed E-state index contributed by atoms with van der Waals surface area (Å²) in [6.45, 7) is 0. The van der Waals surface area contributed by atoms with Gasteiger partial charge in [0.05, 0.1) is 17.1 Å². The molecule has 8 aromatic rings. The first-order valence-electron chi connectivity index (χ1n) is 15.4. The van der Waals surface area contributed by atoms with Gasteiger partial charge < -0.3 is 9.55 Å². The summed E-state index contributed by atoms with van der Waals surface area (Å²) >= 11 is 0. The van der Waals surface area contributed by atoms with Crippen LogP contribution in [0.5, 0.6) is 0 Å². The van der Waals surface area contributed by atoms with Crippen molar-refractivity contribution < 1.29 is 0 Å². The van der Waals surface area contributed by atoms with E-state index in [4.69, 9.17) is 0 Å². The Bertz CT molecular complexity index is 2220. The van der Waals surface area contributed by atoms with Crippen molar-refractivity contribution in [1.82, 2.24) is 9.55 Å². The predicted octanol–water partition coefficient (Wildman–Crippen LogP) is 10.5. The molecule has 9 rings (SSSR count). The number of hydrogen-bond donors (Lipinski definition) is 1. The van der Waals surface area contributed by atoms with Crippen molar-refractivity contribution in [3.8, 4) is 16.8 Å². The van der Waals surface area contributed by atoms with Gasteiger partial charge in [0, 0.05) is 39.2 Å². The van der Waals surface area contributed by atoms with Crippen LogP contribution in [0.3, 0.4) is 0 Å². The molecule has 2 heteroatoms. The van der Waals surface area contributed by atoms with Crippen LogP contribution in [0.15, 0.2) is 164 Å². The lowest BCUT2D eigenvalue weighted by molar-refractivity contribution is 0.880. The Morgan fingerprint density at radius 2 is 1.09 bits per heavy atom. The topological polar surface area (TPSA) is 20.7 Å². The molecule has 1 N–H and O–H groups in total. The third-order valence-corrected chi connectivity index (χ3v) is 9.36. The first-order valence-corrected chi connectivity index (χ1v) is 15.4. The number of fused-ring (bicyclic) bond motifs is 6. The van der Waals surface area contributed by atoms with E-state index in [9.17, 15) is 0 Å². The molecule has 1 aliphatic heterocycles. The van der Waals surface area contributed by atoms with Gasteiger partial charge in [-0.15, -0.1) is 0 Å². The number of H-pyrrole nitrogens is 1. The van der Waals surface area contributed by atoms with E-state index in [-0.39, 0.29) is 11.8 Å². The van der Waals surface area contributed by atoms with E-state index in [0.29, 0.717) is 0 Å². The monoisotopic (exact) mass is 562 g/mol. The highest BCUT2D eigenvalue weighted by Crippen LogP contribution is 2.54. The van der Waals surface area contributed by atoms with E-state index < -0.39 is 0 Å². The first-order chi connectivity index (χ1) is 21.9. The largest absolute Gasteiger partial charge is 0.357 e. The van der Waals surface area contributed by atoms with E-state index >= 15 is 0 Å². The van der Waals surface area contributed by atoms with Crippen LogP contribution < -0.4 is 0 Å². The summed E-state index contributed by atoms with van der Waals surface area (Å²) < 4.78 is 2.53. The van der Waals surface area contributed by atoms with Crippen molar-refractivity contribution >= 4 is 21.8 Å². The average Bonchev–Trinajstić information content (AvgIpc) is 3.74. The van der Waals surface area contributed by atoms with Gasteiger partial charge in [-0.3, -0.25) is 0 Å². The van der Waals surface area contributed by atoms with Gasteiger partial charge in [0.15, 0.2) is 0 Å². The molecule has 0 aliphatic carbocycles. The molecule has 2 aromatic heterocycles. The van der Waals surface area contributed by atoms with Gasteiger partial charge in [-0.25, -0.2) is 0 Å². The van der Waals surface area contributed by atoms with Gasteiger partial charge in [-0.1, -0.05) is 146 Å². The van der Waals surface area contributed by atoms with Gasteiger partial charge in [-0.05, 0) is 46.0 Å². The zero-order chi connectivity index (χ0) is 29.0. The smallest absolute Gasteiger partial charge is 0.0548 e. The summed E-state index contributed by atoms with van der Waals surface area (Å²) in [7, 11) is 0. The predicted molar refractivity (Wildman–Crippen MR) is 182 cm³/mol. The van der Waals surface area contributed by atoms with Crippen molar-refractivity contribution in [2.75, 3.05) is 0 Å². The van der Waals surface area contributed by atoms with Crippen LogP contribution in [0.25, 0.3) is 38.6 Å². The standard InChI is InChI=1S/C42H30N2/c1-4-16-28(17-5-1)37(29-18-6-2-7-19-29)41-39(31-22-10-13-25-34(31)43-41)40-33-24-12-15-27-36(33)44-35-26-14-11-23-32(35)38(42(40)44)30-20-8-3-9-21-30/h1-27,37,40,43H. The maximum absolute atomic E-state index is 3.98. The third-order valence-electron chi connectivity index (χ3n) is 9.36. The van der Waals surface area contributed by atoms with E-state index in [0.717, 1.165) is 0 Å². The second-order valence-electron chi connectivity index (χ2n) is 11.7. The molecular formula is C42H30N2. The Morgan fingerprint density at radius 3 is 1.82 bits per heavy atom. The van der Waals surface area contributed by atoms with E-state index in [2.05, 4.69) is 173 Å². The Morgan fingerprint density at radius 1 is 0.523 bits per heavy atom. The van der Waals surface area contributed by atoms with Crippen LogP contribution in [0.2, 0.25) is 0 Å². The highest BCUT2D eigenvalue weighted by atomic mass is 15.0. The van der Waals surface area contributed by atoms with Crippen LogP contribution in [0.1, 0.15) is 45.5 Å².